The van der Waals surface area contributed by atoms with Crippen molar-refractivity contribution < 1.29 is 9.18 Å². The Kier molecular flexibility index (Phi) is 3.58. The Morgan fingerprint density at radius 3 is 2.83 bits per heavy atom. The van der Waals surface area contributed by atoms with Gasteiger partial charge in [0.05, 0.1) is 5.56 Å². The van der Waals surface area contributed by atoms with E-state index in [1.54, 1.807) is 6.07 Å². The van der Waals surface area contributed by atoms with Gasteiger partial charge in [0, 0.05) is 35.1 Å². The minimum atomic E-state index is -0.630. The average Bonchev–Trinajstić information content (AvgIpc) is 2.32. The fraction of sp³-hybridized carbons (Fsp3) is 0.0769. The van der Waals surface area contributed by atoms with E-state index in [9.17, 15) is 9.18 Å². The molecule has 0 spiro atoms. The molecule has 5 heteroatoms. The molecule has 0 aliphatic rings. The van der Waals surface area contributed by atoms with Crippen molar-refractivity contribution in [2.24, 2.45) is 0 Å². The van der Waals surface area contributed by atoms with Gasteiger partial charge in [-0.3, -0.25) is 9.78 Å². The van der Waals surface area contributed by atoms with E-state index in [2.05, 4.69) is 4.98 Å². The summed E-state index contributed by atoms with van der Waals surface area (Å²) in [7, 11) is 0. The first-order valence-electron chi connectivity index (χ1n) is 5.24. The number of pyridine rings is 1. The Bertz CT molecular complexity index is 601. The van der Waals surface area contributed by atoms with Gasteiger partial charge in [0.2, 0.25) is 0 Å². The lowest BCUT2D eigenvalue weighted by Crippen LogP contribution is -2.08. The molecule has 0 atom stereocenters. The summed E-state index contributed by atoms with van der Waals surface area (Å²) in [5.74, 6) is -0.987. The standard InChI is InChI=1S/C13H10ClFN2O/c14-9-1-2-10(11(15)6-9)13(18)5-8-7-17-4-3-12(8)16/h1-4,6-7H,5H2,(H2,16,17). The van der Waals surface area contributed by atoms with Crippen molar-refractivity contribution in [2.45, 2.75) is 6.42 Å². The number of nitrogens with zero attached hydrogens (tertiary/aromatic N) is 1. The van der Waals surface area contributed by atoms with E-state index in [0.29, 0.717) is 11.3 Å². The lowest BCUT2D eigenvalue weighted by Gasteiger charge is -2.05. The number of nitrogens with two attached hydrogens (primary N) is 1. The molecule has 18 heavy (non-hydrogen) atoms. The summed E-state index contributed by atoms with van der Waals surface area (Å²) in [4.78, 5) is 15.8. The Balaban J connectivity index is 2.25. The first kappa shape index (κ1) is 12.5. The van der Waals surface area contributed by atoms with E-state index < -0.39 is 5.82 Å². The summed E-state index contributed by atoms with van der Waals surface area (Å²) in [5.41, 5.74) is 6.75. The van der Waals surface area contributed by atoms with Crippen LogP contribution in [0, 0.1) is 5.82 Å². The molecule has 1 aromatic heterocycles. The van der Waals surface area contributed by atoms with Crippen molar-refractivity contribution in [3.8, 4) is 0 Å². The third-order valence-corrected chi connectivity index (χ3v) is 2.76. The van der Waals surface area contributed by atoms with Crippen molar-refractivity contribution >= 4 is 23.1 Å². The van der Waals surface area contributed by atoms with Gasteiger partial charge in [0.15, 0.2) is 5.78 Å². The summed E-state index contributed by atoms with van der Waals surface area (Å²) in [6.07, 6.45) is 3.05. The number of aromatic nitrogens is 1. The van der Waals surface area contributed by atoms with Crippen LogP contribution in [0.2, 0.25) is 5.02 Å². The minimum absolute atomic E-state index is 0.00246. The number of hydrogen-bond donors (Lipinski definition) is 1. The molecule has 0 aliphatic heterocycles. The number of rotatable bonds is 3. The third-order valence-electron chi connectivity index (χ3n) is 2.52. The number of carbonyl (C=O) groups excluding carboxylic acids is 1. The normalized spacial score (nSPS) is 10.3. The lowest BCUT2D eigenvalue weighted by atomic mass is 10.0. The highest BCUT2D eigenvalue weighted by Crippen LogP contribution is 2.18. The maximum absolute atomic E-state index is 13.6. The number of nitrogen functional groups attached to an aromatic ring is 1. The van der Waals surface area contributed by atoms with Gasteiger partial charge in [-0.2, -0.15) is 0 Å². The molecule has 92 valence electrons. The van der Waals surface area contributed by atoms with Gasteiger partial charge in [-0.15, -0.1) is 0 Å². The van der Waals surface area contributed by atoms with E-state index in [4.69, 9.17) is 17.3 Å². The van der Waals surface area contributed by atoms with Crippen LogP contribution in [0.15, 0.2) is 36.7 Å². The van der Waals surface area contributed by atoms with Crippen LogP contribution < -0.4 is 5.73 Å². The van der Waals surface area contributed by atoms with Gasteiger partial charge in [0.1, 0.15) is 5.82 Å². The molecule has 0 aliphatic carbocycles. The quantitative estimate of drug-likeness (QED) is 0.868. The fourth-order valence-corrected chi connectivity index (χ4v) is 1.73. The van der Waals surface area contributed by atoms with Crippen molar-refractivity contribution in [3.63, 3.8) is 0 Å². The van der Waals surface area contributed by atoms with Crippen LogP contribution >= 0.6 is 11.6 Å². The number of benzene rings is 1. The van der Waals surface area contributed by atoms with Crippen LogP contribution in [0.1, 0.15) is 15.9 Å². The van der Waals surface area contributed by atoms with Crippen LogP contribution in [0.3, 0.4) is 0 Å². The number of ketones is 1. The highest BCUT2D eigenvalue weighted by Gasteiger charge is 2.14. The number of carbonyl (C=O) groups is 1. The van der Waals surface area contributed by atoms with E-state index in [1.807, 2.05) is 0 Å². The Morgan fingerprint density at radius 1 is 1.39 bits per heavy atom. The van der Waals surface area contributed by atoms with Gasteiger partial charge in [-0.1, -0.05) is 11.6 Å². The molecule has 0 saturated carbocycles. The first-order valence-corrected chi connectivity index (χ1v) is 5.62. The summed E-state index contributed by atoms with van der Waals surface area (Å²) >= 11 is 5.63. The zero-order valence-electron chi connectivity index (χ0n) is 9.36. The van der Waals surface area contributed by atoms with Crippen molar-refractivity contribution in [3.05, 3.63) is 58.6 Å². The van der Waals surface area contributed by atoms with Crippen LogP contribution in [-0.2, 0) is 6.42 Å². The molecule has 1 aromatic carbocycles. The third kappa shape index (κ3) is 2.65. The molecule has 2 rings (SSSR count). The highest BCUT2D eigenvalue weighted by molar-refractivity contribution is 6.30. The van der Waals surface area contributed by atoms with E-state index in [0.717, 1.165) is 6.07 Å². The van der Waals surface area contributed by atoms with Gasteiger partial charge in [-0.25, -0.2) is 4.39 Å². The summed E-state index contributed by atoms with van der Waals surface area (Å²) < 4.78 is 13.6. The minimum Gasteiger partial charge on any atom is -0.398 e. The SMILES string of the molecule is Nc1ccncc1CC(=O)c1ccc(Cl)cc1F. The second kappa shape index (κ2) is 5.14. The van der Waals surface area contributed by atoms with Crippen molar-refractivity contribution in [1.29, 1.82) is 0 Å². The number of anilines is 1. The molecule has 2 aromatic rings. The van der Waals surface area contributed by atoms with Gasteiger partial charge < -0.3 is 5.73 Å². The topological polar surface area (TPSA) is 56.0 Å². The molecule has 0 amide bonds. The largest absolute Gasteiger partial charge is 0.398 e. The monoisotopic (exact) mass is 264 g/mol. The molecule has 0 bridgehead atoms. The summed E-state index contributed by atoms with van der Waals surface area (Å²) in [6, 6.07) is 5.55. The Labute approximate surface area is 108 Å². The second-order valence-electron chi connectivity index (χ2n) is 3.80. The molecule has 0 saturated heterocycles. The van der Waals surface area contributed by atoms with E-state index in [1.165, 1.54) is 24.5 Å². The van der Waals surface area contributed by atoms with Gasteiger partial charge in [0.25, 0.3) is 0 Å². The van der Waals surface area contributed by atoms with Crippen LogP contribution in [0.5, 0.6) is 0 Å². The van der Waals surface area contributed by atoms with Gasteiger partial charge >= 0.3 is 0 Å². The zero-order chi connectivity index (χ0) is 13.1. The number of halogens is 2. The maximum Gasteiger partial charge on any atom is 0.170 e. The predicted octanol–water partition coefficient (Wildman–Crippen LogP) is 2.88. The van der Waals surface area contributed by atoms with Crippen molar-refractivity contribution in [2.75, 3.05) is 5.73 Å². The smallest absolute Gasteiger partial charge is 0.170 e. The number of hydrogen-bond acceptors (Lipinski definition) is 3. The fourth-order valence-electron chi connectivity index (χ4n) is 1.57. The molecular weight excluding hydrogens is 255 g/mol. The highest BCUT2D eigenvalue weighted by atomic mass is 35.5. The molecule has 0 unspecified atom stereocenters. The lowest BCUT2D eigenvalue weighted by molar-refractivity contribution is 0.0989. The average molecular weight is 265 g/mol. The Morgan fingerprint density at radius 2 is 2.17 bits per heavy atom. The molecular formula is C13H10ClFN2O. The van der Waals surface area contributed by atoms with E-state index >= 15 is 0 Å². The molecule has 3 nitrogen and oxygen atoms in total. The predicted molar refractivity (Wildman–Crippen MR) is 68.1 cm³/mol. The summed E-state index contributed by atoms with van der Waals surface area (Å²) in [5, 5.41) is 0.255. The molecule has 2 N–H and O–H groups in total. The van der Waals surface area contributed by atoms with Gasteiger partial charge in [-0.05, 0) is 24.3 Å². The zero-order valence-corrected chi connectivity index (χ0v) is 10.1. The number of Topliss-reactive ketones (excluding diaryl/α,β-unsaturated/α-hetero) is 1. The Hall–Kier alpha value is -1.94. The van der Waals surface area contributed by atoms with Crippen LogP contribution in [0.4, 0.5) is 10.1 Å². The molecule has 0 fully saturated rings. The first-order chi connectivity index (χ1) is 8.58. The van der Waals surface area contributed by atoms with Crippen LogP contribution in [0.25, 0.3) is 0 Å². The maximum atomic E-state index is 13.6. The van der Waals surface area contributed by atoms with E-state index in [-0.39, 0.29) is 22.8 Å². The van der Waals surface area contributed by atoms with Crippen molar-refractivity contribution in [1.82, 2.24) is 4.98 Å². The molecule has 0 radical (unpaired) electrons. The molecule has 1 heterocycles. The van der Waals surface area contributed by atoms with Crippen LogP contribution in [-0.4, -0.2) is 10.8 Å². The second-order valence-corrected chi connectivity index (χ2v) is 4.24. The summed E-state index contributed by atoms with van der Waals surface area (Å²) in [6.45, 7) is 0.